The molecule has 0 fully saturated rings. The molecule has 2 aromatic rings. The summed E-state index contributed by atoms with van der Waals surface area (Å²) in [4.78, 5) is 2.22. The van der Waals surface area contributed by atoms with E-state index in [2.05, 4.69) is 60.4 Å². The van der Waals surface area contributed by atoms with Crippen LogP contribution in [0.15, 0.2) is 54.6 Å². The quantitative estimate of drug-likeness (QED) is 0.853. The molecule has 19 heavy (non-hydrogen) atoms. The van der Waals surface area contributed by atoms with Gasteiger partial charge in [-0.2, -0.15) is 0 Å². The van der Waals surface area contributed by atoms with E-state index in [-0.39, 0.29) is 6.61 Å². The first-order valence-electron chi connectivity index (χ1n) is 6.86. The minimum Gasteiger partial charge on any atom is -0.395 e. The van der Waals surface area contributed by atoms with Crippen molar-refractivity contribution in [3.63, 3.8) is 0 Å². The molecule has 2 aromatic carbocycles. The fourth-order valence-electron chi connectivity index (χ4n) is 2.26. The molecule has 2 nitrogen and oxygen atoms in total. The van der Waals surface area contributed by atoms with Gasteiger partial charge in [-0.05, 0) is 29.7 Å². The van der Waals surface area contributed by atoms with Gasteiger partial charge in [-0.15, -0.1) is 0 Å². The number of aliphatic hydroxyl groups excluding tert-OH is 1. The van der Waals surface area contributed by atoms with Crippen LogP contribution in [-0.2, 0) is 0 Å². The summed E-state index contributed by atoms with van der Waals surface area (Å²) in [6.07, 6.45) is 1.08. The molecule has 0 saturated heterocycles. The number of nitrogens with zero attached hydrogens (tertiary/aromatic N) is 1. The Morgan fingerprint density at radius 3 is 2.05 bits per heavy atom. The van der Waals surface area contributed by atoms with Gasteiger partial charge >= 0.3 is 0 Å². The maximum Gasteiger partial charge on any atom is 0.0606 e. The molecule has 0 radical (unpaired) electrons. The molecule has 0 unspecified atom stereocenters. The van der Waals surface area contributed by atoms with Gasteiger partial charge in [-0.1, -0.05) is 49.4 Å². The molecule has 1 N–H and O–H groups in total. The fraction of sp³-hybridized carbons (Fsp3) is 0.294. The fourth-order valence-corrected chi connectivity index (χ4v) is 2.26. The summed E-state index contributed by atoms with van der Waals surface area (Å²) in [6.45, 7) is 4.02. The van der Waals surface area contributed by atoms with Gasteiger partial charge in [0.1, 0.15) is 0 Å². The molecular weight excluding hydrogens is 234 g/mol. The Bertz CT molecular complexity index is 472. The first kappa shape index (κ1) is 13.6. The number of hydrogen-bond acceptors (Lipinski definition) is 2. The largest absolute Gasteiger partial charge is 0.395 e. The molecule has 0 spiro atoms. The molecule has 0 saturated carbocycles. The molecule has 0 aromatic heterocycles. The van der Waals surface area contributed by atoms with Crippen molar-refractivity contribution in [1.29, 1.82) is 0 Å². The molecule has 0 heterocycles. The van der Waals surface area contributed by atoms with Crippen LogP contribution in [0.3, 0.4) is 0 Å². The zero-order valence-electron chi connectivity index (χ0n) is 11.4. The van der Waals surface area contributed by atoms with Crippen LogP contribution < -0.4 is 4.90 Å². The number of rotatable bonds is 6. The van der Waals surface area contributed by atoms with E-state index in [1.807, 2.05) is 6.07 Å². The van der Waals surface area contributed by atoms with Crippen LogP contribution in [0, 0.1) is 0 Å². The molecule has 2 heteroatoms. The van der Waals surface area contributed by atoms with Crippen molar-refractivity contribution < 1.29 is 5.11 Å². The predicted octanol–water partition coefficient (Wildman–Crippen LogP) is 3.56. The normalized spacial score (nSPS) is 10.4. The standard InChI is InChI=1S/C17H21NO/c1-2-12-18(13-14-19)17-10-8-16(9-11-17)15-6-4-3-5-7-15/h3-11,19H,2,12-14H2,1H3. The van der Waals surface area contributed by atoms with Gasteiger partial charge in [0.05, 0.1) is 6.61 Å². The van der Waals surface area contributed by atoms with Gasteiger partial charge in [0.2, 0.25) is 0 Å². The van der Waals surface area contributed by atoms with Crippen LogP contribution in [0.5, 0.6) is 0 Å². The topological polar surface area (TPSA) is 23.5 Å². The van der Waals surface area contributed by atoms with Gasteiger partial charge in [-0.25, -0.2) is 0 Å². The highest BCUT2D eigenvalue weighted by Gasteiger charge is 2.05. The SMILES string of the molecule is CCCN(CCO)c1ccc(-c2ccccc2)cc1. The van der Waals surface area contributed by atoms with Crippen LogP contribution >= 0.6 is 0 Å². The van der Waals surface area contributed by atoms with Crippen LogP contribution in [-0.4, -0.2) is 24.8 Å². The first-order valence-corrected chi connectivity index (χ1v) is 6.86. The average molecular weight is 255 g/mol. The zero-order valence-corrected chi connectivity index (χ0v) is 11.4. The summed E-state index contributed by atoms with van der Waals surface area (Å²) in [5.41, 5.74) is 3.64. The number of benzene rings is 2. The van der Waals surface area contributed by atoms with Crippen molar-refractivity contribution in [1.82, 2.24) is 0 Å². The summed E-state index contributed by atoms with van der Waals surface area (Å²) in [7, 11) is 0. The lowest BCUT2D eigenvalue weighted by molar-refractivity contribution is 0.302. The van der Waals surface area contributed by atoms with Crippen molar-refractivity contribution >= 4 is 5.69 Å². The second-order valence-corrected chi connectivity index (χ2v) is 4.62. The average Bonchev–Trinajstić information content (AvgIpc) is 2.48. The third-order valence-electron chi connectivity index (χ3n) is 3.20. The van der Waals surface area contributed by atoms with Crippen LogP contribution in [0.4, 0.5) is 5.69 Å². The smallest absolute Gasteiger partial charge is 0.0606 e. The van der Waals surface area contributed by atoms with E-state index >= 15 is 0 Å². The van der Waals surface area contributed by atoms with Crippen LogP contribution in [0.25, 0.3) is 11.1 Å². The molecule has 0 amide bonds. The molecule has 0 bridgehead atoms. The highest BCUT2D eigenvalue weighted by molar-refractivity contribution is 5.66. The maximum absolute atomic E-state index is 9.12. The zero-order chi connectivity index (χ0) is 13.5. The van der Waals surface area contributed by atoms with Crippen molar-refractivity contribution in [3.8, 4) is 11.1 Å². The van der Waals surface area contributed by atoms with E-state index in [1.165, 1.54) is 16.8 Å². The minimum atomic E-state index is 0.195. The summed E-state index contributed by atoms with van der Waals surface area (Å²) in [6, 6.07) is 18.9. The third kappa shape index (κ3) is 3.58. The second-order valence-electron chi connectivity index (χ2n) is 4.62. The van der Waals surface area contributed by atoms with Gasteiger partial charge in [0.15, 0.2) is 0 Å². The maximum atomic E-state index is 9.12. The predicted molar refractivity (Wildman–Crippen MR) is 81.5 cm³/mol. The van der Waals surface area contributed by atoms with Gasteiger partial charge in [0, 0.05) is 18.8 Å². The Kier molecular flexibility index (Phi) is 4.99. The van der Waals surface area contributed by atoms with Crippen molar-refractivity contribution in [2.45, 2.75) is 13.3 Å². The number of hydrogen-bond donors (Lipinski definition) is 1. The first-order chi connectivity index (χ1) is 9.35. The second kappa shape index (κ2) is 6.95. The van der Waals surface area contributed by atoms with E-state index in [9.17, 15) is 0 Å². The Hall–Kier alpha value is -1.80. The molecule has 0 aliphatic carbocycles. The van der Waals surface area contributed by atoms with Gasteiger partial charge in [0.25, 0.3) is 0 Å². The minimum absolute atomic E-state index is 0.195. The lowest BCUT2D eigenvalue weighted by Crippen LogP contribution is -2.27. The molecule has 2 rings (SSSR count). The summed E-state index contributed by atoms with van der Waals surface area (Å²) in [5.74, 6) is 0. The van der Waals surface area contributed by atoms with E-state index in [0.717, 1.165) is 13.0 Å². The van der Waals surface area contributed by atoms with Crippen LogP contribution in [0.2, 0.25) is 0 Å². The Morgan fingerprint density at radius 2 is 1.47 bits per heavy atom. The summed E-state index contributed by atoms with van der Waals surface area (Å²) >= 11 is 0. The van der Waals surface area contributed by atoms with Crippen molar-refractivity contribution in [2.75, 3.05) is 24.6 Å². The van der Waals surface area contributed by atoms with Gasteiger partial charge < -0.3 is 10.0 Å². The van der Waals surface area contributed by atoms with E-state index in [4.69, 9.17) is 5.11 Å². The Labute approximate surface area is 115 Å². The molecule has 0 aliphatic heterocycles. The Balaban J connectivity index is 2.17. The van der Waals surface area contributed by atoms with Gasteiger partial charge in [-0.3, -0.25) is 0 Å². The van der Waals surface area contributed by atoms with E-state index in [0.29, 0.717) is 6.54 Å². The lowest BCUT2D eigenvalue weighted by atomic mass is 10.1. The highest BCUT2D eigenvalue weighted by Crippen LogP contribution is 2.23. The number of aliphatic hydroxyl groups is 1. The monoisotopic (exact) mass is 255 g/mol. The van der Waals surface area contributed by atoms with Crippen LogP contribution in [0.1, 0.15) is 13.3 Å². The van der Waals surface area contributed by atoms with E-state index in [1.54, 1.807) is 0 Å². The highest BCUT2D eigenvalue weighted by atomic mass is 16.3. The third-order valence-corrected chi connectivity index (χ3v) is 3.20. The molecule has 0 aliphatic rings. The molecule has 100 valence electrons. The van der Waals surface area contributed by atoms with Crippen molar-refractivity contribution in [3.05, 3.63) is 54.6 Å². The lowest BCUT2D eigenvalue weighted by Gasteiger charge is -2.23. The molecular formula is C17H21NO. The number of anilines is 1. The van der Waals surface area contributed by atoms with E-state index < -0.39 is 0 Å². The molecule has 0 atom stereocenters. The summed E-state index contributed by atoms with van der Waals surface area (Å²) in [5, 5.41) is 9.12. The van der Waals surface area contributed by atoms with Crippen molar-refractivity contribution in [2.24, 2.45) is 0 Å². The Morgan fingerprint density at radius 1 is 0.842 bits per heavy atom. The summed E-state index contributed by atoms with van der Waals surface area (Å²) < 4.78 is 0.